The van der Waals surface area contributed by atoms with E-state index in [-0.39, 0.29) is 0 Å². The van der Waals surface area contributed by atoms with Gasteiger partial charge in [0.25, 0.3) is 0 Å². The molecule has 1 aromatic heterocycles. The predicted octanol–water partition coefficient (Wildman–Crippen LogP) is 2.96. The van der Waals surface area contributed by atoms with Crippen LogP contribution in [0.15, 0.2) is 30.6 Å². The molecule has 112 valence electrons. The maximum atomic E-state index is 9.90. The zero-order valence-corrected chi connectivity index (χ0v) is 13.9. The highest BCUT2D eigenvalue weighted by Gasteiger charge is 2.46. The third-order valence-electron chi connectivity index (χ3n) is 1.70. The van der Waals surface area contributed by atoms with E-state index in [0.717, 1.165) is 0 Å². The van der Waals surface area contributed by atoms with Crippen LogP contribution in [0.5, 0.6) is 0 Å². The molecule has 11 heteroatoms. The molecule has 0 aliphatic heterocycles. The second kappa shape index (κ2) is 9.66. The van der Waals surface area contributed by atoms with Gasteiger partial charge in [-0.1, -0.05) is 6.07 Å². The summed E-state index contributed by atoms with van der Waals surface area (Å²) in [4.78, 5) is 16.1. The largest absolute Gasteiger partial charge is 0.700 e. The van der Waals surface area contributed by atoms with Gasteiger partial charge < -0.3 is 0 Å². The summed E-state index contributed by atoms with van der Waals surface area (Å²) in [6, 6.07) is 6.69. The molecule has 0 aliphatic carbocycles. The van der Waals surface area contributed by atoms with Crippen molar-refractivity contribution in [3.63, 3.8) is 0 Å². The second-order valence-electron chi connectivity index (χ2n) is 3.54. The fraction of sp³-hybridized carbons (Fsp3) is 0.444. The first kappa shape index (κ1) is 19.8. The van der Waals surface area contributed by atoms with Crippen molar-refractivity contribution < 1.29 is 32.5 Å². The highest BCUT2D eigenvalue weighted by molar-refractivity contribution is 7.33. The minimum atomic E-state index is -3.10. The van der Waals surface area contributed by atoms with Gasteiger partial charge in [0.2, 0.25) is 0 Å². The third-order valence-corrected chi connectivity index (χ3v) is 3.27. The Morgan fingerprint density at radius 1 is 1.05 bits per heavy atom. The smallest absolute Gasteiger partial charge is 0.203 e. The maximum absolute atomic E-state index is 9.90. The minimum absolute atomic E-state index is 0.575. The Bertz CT molecular complexity index is 427. The molecule has 0 saturated carbocycles. The summed E-state index contributed by atoms with van der Waals surface area (Å²) in [5.74, 6) is 0. The molecule has 0 bridgehead atoms. The summed E-state index contributed by atoms with van der Waals surface area (Å²) in [5, 5.41) is 0. The molecule has 0 aromatic carbocycles. The van der Waals surface area contributed by atoms with Crippen LogP contribution in [0.25, 0.3) is 0 Å². The fourth-order valence-electron chi connectivity index (χ4n) is 0.955. The van der Waals surface area contributed by atoms with Gasteiger partial charge in [-0.05, 0) is 46.1 Å². The van der Waals surface area contributed by atoms with Gasteiger partial charge in [-0.2, -0.15) is 0 Å². The van der Waals surface area contributed by atoms with E-state index in [0.29, 0.717) is 6.04 Å². The molecule has 7 nitrogen and oxygen atoms in total. The fourth-order valence-corrected chi connectivity index (χ4v) is 2.16. The lowest BCUT2D eigenvalue weighted by Gasteiger charge is -1.99. The van der Waals surface area contributed by atoms with Crippen LogP contribution in [-0.4, -0.2) is 14.5 Å². The monoisotopic (exact) mass is 364 g/mol. The number of aromatic nitrogens is 1. The number of alkyl halides is 2. The Labute approximate surface area is 128 Å². The van der Waals surface area contributed by atoms with Gasteiger partial charge in [0.1, 0.15) is 0 Å². The lowest BCUT2D eigenvalue weighted by atomic mass is 10.3. The Kier molecular flexibility index (Phi) is 9.55. The first-order valence-corrected chi connectivity index (χ1v) is 8.20. The molecule has 0 fully saturated rings. The van der Waals surface area contributed by atoms with Crippen molar-refractivity contribution in [1.29, 1.82) is 0 Å². The molecule has 2 N–H and O–H groups in total. The van der Waals surface area contributed by atoms with Crippen molar-refractivity contribution in [1.82, 2.24) is 0 Å². The van der Waals surface area contributed by atoms with E-state index in [2.05, 4.69) is 39.9 Å². The van der Waals surface area contributed by atoms with Gasteiger partial charge in [-0.15, -0.1) is 9.79 Å². The Morgan fingerprint density at radius 2 is 1.45 bits per heavy atom. The normalized spacial score (nSPS) is 12.6. The predicted molar refractivity (Wildman–Crippen MR) is 73.3 cm³/mol. The number of halogens is 2. The van der Waals surface area contributed by atoms with Crippen molar-refractivity contribution in [3.05, 3.63) is 30.6 Å². The van der Waals surface area contributed by atoms with Gasteiger partial charge >= 0.3 is 21.2 Å². The van der Waals surface area contributed by atoms with E-state index in [4.69, 9.17) is 33.0 Å². The number of rotatable bonds is 5. The van der Waals surface area contributed by atoms with Crippen LogP contribution >= 0.6 is 39.7 Å². The van der Waals surface area contributed by atoms with Crippen molar-refractivity contribution in [2.24, 2.45) is 0 Å². The van der Waals surface area contributed by atoms with Crippen molar-refractivity contribution in [2.45, 2.75) is 24.6 Å². The summed E-state index contributed by atoms with van der Waals surface area (Å²) in [5.41, 5.74) is 0. The molecule has 0 saturated heterocycles. The summed E-state index contributed by atoms with van der Waals surface area (Å²) in [6.45, 7) is 4.33. The Balaban J connectivity index is 0.000000367. The Hall–Kier alpha value is -0.230. The van der Waals surface area contributed by atoms with Crippen molar-refractivity contribution >= 4 is 39.7 Å². The van der Waals surface area contributed by atoms with E-state index >= 15 is 0 Å². The van der Waals surface area contributed by atoms with Gasteiger partial charge in [0, 0.05) is 21.3 Å². The molecule has 0 amide bonds. The van der Waals surface area contributed by atoms with Crippen molar-refractivity contribution in [2.75, 3.05) is 0 Å². The average Bonchev–Trinajstić information content (AvgIpc) is 2.27. The number of hydrogen-bond acceptors (Lipinski definition) is 4. The lowest BCUT2D eigenvalue weighted by molar-refractivity contribution is -0.716. The number of pyridine rings is 1. The van der Waals surface area contributed by atoms with Crippen LogP contribution in [0.2, 0.25) is 0 Å². The van der Waals surface area contributed by atoms with Gasteiger partial charge in [0.15, 0.2) is 18.4 Å². The quantitative estimate of drug-likeness (QED) is 0.361. The topological polar surface area (TPSA) is 96.9 Å². The molecule has 20 heavy (non-hydrogen) atoms. The highest BCUT2D eigenvalue weighted by atomic mass is 35.5. The lowest BCUT2D eigenvalue weighted by Crippen LogP contribution is -2.34. The van der Waals surface area contributed by atoms with Crippen LogP contribution in [0.3, 0.4) is 0 Å². The van der Waals surface area contributed by atoms with E-state index in [1.165, 1.54) is 0 Å². The van der Waals surface area contributed by atoms with E-state index in [1.54, 1.807) is 0 Å². The molecule has 0 spiro atoms. The summed E-state index contributed by atoms with van der Waals surface area (Å²) >= 11 is 9.92. The zero-order valence-electron chi connectivity index (χ0n) is 10.6. The maximum Gasteiger partial charge on any atom is 0.700 e. The van der Waals surface area contributed by atoms with Crippen LogP contribution in [0.4, 0.5) is 0 Å². The van der Waals surface area contributed by atoms with Crippen LogP contribution in [0.1, 0.15) is 19.9 Å². The SMILES string of the molecule is CC(C)[n+]1ccccc1.O=[P+](O)OC(Cl)(Cl)O[P+](=O)O. The molecule has 1 rings (SSSR count). The molecular weight excluding hydrogens is 351 g/mol. The van der Waals surface area contributed by atoms with E-state index in [1.807, 2.05) is 18.2 Å². The standard InChI is InChI=1S/C8H12N.CCl2O6P2/c1-8(2)9-6-4-3-5-7-9;2-1(3,8-10(4)5)9-11(6)7/h3-8H,1-2H3;/q+1;/p+2. The van der Waals surface area contributed by atoms with E-state index in [9.17, 15) is 9.13 Å². The highest BCUT2D eigenvalue weighted by Crippen LogP contribution is 2.40. The van der Waals surface area contributed by atoms with E-state index < -0.39 is 21.2 Å². The summed E-state index contributed by atoms with van der Waals surface area (Å²) in [6.07, 6.45) is 4.15. The molecule has 2 atom stereocenters. The molecule has 1 aromatic rings. The Morgan fingerprint density at radius 3 is 1.70 bits per heavy atom. The first-order valence-electron chi connectivity index (χ1n) is 5.18. The first-order chi connectivity index (χ1) is 9.14. The zero-order chi connectivity index (χ0) is 15.8. The molecule has 0 radical (unpaired) electrons. The third kappa shape index (κ3) is 10.5. The van der Waals surface area contributed by atoms with Crippen LogP contribution < -0.4 is 4.57 Å². The molecule has 2 unspecified atom stereocenters. The average molecular weight is 365 g/mol. The van der Waals surface area contributed by atoms with Crippen LogP contribution in [-0.2, 0) is 18.2 Å². The molecular formula is C9H14Cl2NO6P2+3. The van der Waals surface area contributed by atoms with Crippen LogP contribution in [0, 0.1) is 0 Å². The van der Waals surface area contributed by atoms with Gasteiger partial charge in [-0.3, -0.25) is 0 Å². The van der Waals surface area contributed by atoms with Gasteiger partial charge in [0.05, 0.1) is 0 Å². The van der Waals surface area contributed by atoms with Crippen molar-refractivity contribution in [3.8, 4) is 0 Å². The number of hydrogen-bond donors (Lipinski definition) is 2. The minimum Gasteiger partial charge on any atom is -0.203 e. The molecule has 1 heterocycles. The van der Waals surface area contributed by atoms with Gasteiger partial charge in [-0.25, -0.2) is 4.57 Å². The summed E-state index contributed by atoms with van der Waals surface area (Å²) in [7, 11) is -6.20. The summed E-state index contributed by atoms with van der Waals surface area (Å²) < 4.78 is 26.9. The second-order valence-corrected chi connectivity index (χ2v) is 6.04. The molecule has 0 aliphatic rings. The number of nitrogens with zero attached hydrogens (tertiary/aromatic N) is 1.